The highest BCUT2D eigenvalue weighted by molar-refractivity contribution is 7.80. The Kier molecular flexibility index (Phi) is 7.29. The van der Waals surface area contributed by atoms with Crippen LogP contribution in [0.3, 0.4) is 0 Å². The van der Waals surface area contributed by atoms with Crippen molar-refractivity contribution in [3.8, 4) is 0 Å². The minimum atomic E-state index is -0.0837. The molecule has 2 heterocycles. The van der Waals surface area contributed by atoms with Crippen molar-refractivity contribution in [1.29, 1.82) is 0 Å². The molecule has 0 saturated carbocycles. The molecule has 0 aliphatic rings. The van der Waals surface area contributed by atoms with Crippen molar-refractivity contribution in [1.82, 2.24) is 15.2 Å². The lowest BCUT2D eigenvalue weighted by atomic mass is 10.0. The quantitative estimate of drug-likeness (QED) is 0.380. The van der Waals surface area contributed by atoms with E-state index in [2.05, 4.69) is 30.5 Å². The number of furan rings is 1. The molecule has 0 fully saturated rings. The molecule has 0 bridgehead atoms. The highest BCUT2D eigenvalue weighted by Gasteiger charge is 2.16. The number of H-pyrrole nitrogens is 1. The molecule has 0 aliphatic heterocycles. The van der Waals surface area contributed by atoms with Gasteiger partial charge in [0.05, 0.1) is 45.5 Å². The Morgan fingerprint density at radius 1 is 1.23 bits per heavy atom. The van der Waals surface area contributed by atoms with Gasteiger partial charge in [-0.1, -0.05) is 12.1 Å². The van der Waals surface area contributed by atoms with Gasteiger partial charge < -0.3 is 24.5 Å². The number of thiocarbonyl (C=S) groups is 1. The van der Waals surface area contributed by atoms with Crippen molar-refractivity contribution >= 4 is 28.2 Å². The molecule has 6 nitrogen and oxygen atoms in total. The average Bonchev–Trinajstić information content (AvgIpc) is 3.21. The summed E-state index contributed by atoms with van der Waals surface area (Å²) in [5, 5.41) is 4.99. The SMILES string of the molecule is Cc1ccc2cc(CN(Cc3ccco3)C(=S)NCCC[NH+](C)C)c(=O)[nH]c2c1C. The van der Waals surface area contributed by atoms with Crippen LogP contribution >= 0.6 is 12.2 Å². The van der Waals surface area contributed by atoms with E-state index in [1.54, 1.807) is 6.26 Å². The van der Waals surface area contributed by atoms with E-state index in [9.17, 15) is 4.79 Å². The molecule has 0 spiro atoms. The molecule has 0 unspecified atom stereocenters. The van der Waals surface area contributed by atoms with Crippen LogP contribution in [-0.4, -0.2) is 42.2 Å². The Morgan fingerprint density at radius 3 is 2.73 bits per heavy atom. The summed E-state index contributed by atoms with van der Waals surface area (Å²) in [7, 11) is 4.27. The summed E-state index contributed by atoms with van der Waals surface area (Å²) >= 11 is 5.66. The van der Waals surface area contributed by atoms with Gasteiger partial charge >= 0.3 is 0 Å². The monoisotopic (exact) mass is 427 g/mol. The van der Waals surface area contributed by atoms with Gasteiger partial charge in [0.1, 0.15) is 5.76 Å². The predicted molar refractivity (Wildman–Crippen MR) is 125 cm³/mol. The number of nitrogens with zero attached hydrogens (tertiary/aromatic N) is 1. The number of aromatic nitrogens is 1. The lowest BCUT2D eigenvalue weighted by molar-refractivity contribution is -0.858. The Labute approximate surface area is 182 Å². The van der Waals surface area contributed by atoms with E-state index in [-0.39, 0.29) is 5.56 Å². The highest BCUT2D eigenvalue weighted by atomic mass is 32.1. The zero-order chi connectivity index (χ0) is 21.7. The van der Waals surface area contributed by atoms with Crippen LogP contribution in [0.5, 0.6) is 0 Å². The van der Waals surface area contributed by atoms with Crippen molar-refractivity contribution in [2.45, 2.75) is 33.4 Å². The molecule has 1 aromatic carbocycles. The van der Waals surface area contributed by atoms with Crippen LogP contribution in [0, 0.1) is 13.8 Å². The van der Waals surface area contributed by atoms with Gasteiger partial charge in [-0.3, -0.25) is 4.79 Å². The van der Waals surface area contributed by atoms with Crippen LogP contribution in [0.2, 0.25) is 0 Å². The molecule has 0 aliphatic carbocycles. The number of aromatic amines is 1. The number of fused-ring (bicyclic) bond motifs is 1. The molecule has 2 aromatic heterocycles. The van der Waals surface area contributed by atoms with Crippen molar-refractivity contribution in [2.24, 2.45) is 0 Å². The molecule has 30 heavy (non-hydrogen) atoms. The summed E-state index contributed by atoms with van der Waals surface area (Å²) in [6.07, 6.45) is 2.67. The Hall–Kier alpha value is -2.64. The number of hydrogen-bond acceptors (Lipinski definition) is 3. The molecular formula is C23H31N4O2S+. The van der Waals surface area contributed by atoms with Crippen LogP contribution in [-0.2, 0) is 13.1 Å². The zero-order valence-corrected chi connectivity index (χ0v) is 19.0. The largest absolute Gasteiger partial charge is 0.467 e. The number of rotatable bonds is 8. The van der Waals surface area contributed by atoms with E-state index in [0.717, 1.165) is 47.3 Å². The number of hydrogen-bond donors (Lipinski definition) is 3. The third-order valence-electron chi connectivity index (χ3n) is 5.33. The van der Waals surface area contributed by atoms with Crippen molar-refractivity contribution < 1.29 is 9.32 Å². The number of aryl methyl sites for hydroxylation is 2. The van der Waals surface area contributed by atoms with Crippen molar-refractivity contribution in [2.75, 3.05) is 27.2 Å². The van der Waals surface area contributed by atoms with Gasteiger partial charge in [0, 0.05) is 18.5 Å². The van der Waals surface area contributed by atoms with Crippen molar-refractivity contribution in [3.05, 3.63) is 69.4 Å². The summed E-state index contributed by atoms with van der Waals surface area (Å²) in [4.78, 5) is 19.3. The molecule has 0 amide bonds. The molecule has 3 rings (SSSR count). The highest BCUT2D eigenvalue weighted by Crippen LogP contribution is 2.20. The van der Waals surface area contributed by atoms with E-state index in [1.165, 1.54) is 4.90 Å². The van der Waals surface area contributed by atoms with Gasteiger partial charge in [0.2, 0.25) is 0 Å². The molecule has 3 aromatic rings. The standard InChI is InChI=1S/C23H30N4O2S/c1-16-8-9-18-13-19(22(28)25-21(18)17(16)2)14-27(15-20-7-5-12-29-20)23(30)24-10-6-11-26(3)4/h5,7-9,12-13H,6,10-11,14-15H2,1-4H3,(H,24,30)(H,25,28)/p+1. The Balaban J connectivity index is 1.81. The van der Waals surface area contributed by atoms with Gasteiger partial charge in [-0.25, -0.2) is 0 Å². The molecule has 7 heteroatoms. The number of benzene rings is 1. The summed E-state index contributed by atoms with van der Waals surface area (Å²) < 4.78 is 5.52. The zero-order valence-electron chi connectivity index (χ0n) is 18.2. The third kappa shape index (κ3) is 5.49. The topological polar surface area (TPSA) is 65.7 Å². The van der Waals surface area contributed by atoms with Gasteiger partial charge in [-0.05, 0) is 60.8 Å². The fourth-order valence-electron chi connectivity index (χ4n) is 3.43. The first-order valence-electron chi connectivity index (χ1n) is 10.3. The minimum Gasteiger partial charge on any atom is -0.467 e. The lowest BCUT2D eigenvalue weighted by Crippen LogP contribution is -3.05. The summed E-state index contributed by atoms with van der Waals surface area (Å²) in [5.41, 5.74) is 3.76. The van der Waals surface area contributed by atoms with E-state index >= 15 is 0 Å². The first-order chi connectivity index (χ1) is 14.3. The van der Waals surface area contributed by atoms with Crippen LogP contribution in [0.15, 0.2) is 45.8 Å². The van der Waals surface area contributed by atoms with Gasteiger partial charge in [-0.2, -0.15) is 0 Å². The molecular weight excluding hydrogens is 396 g/mol. The maximum Gasteiger partial charge on any atom is 0.253 e. The first-order valence-corrected chi connectivity index (χ1v) is 10.7. The van der Waals surface area contributed by atoms with E-state index < -0.39 is 0 Å². The maximum absolute atomic E-state index is 12.8. The second-order valence-corrected chi connectivity index (χ2v) is 8.46. The summed E-state index contributed by atoms with van der Waals surface area (Å²) in [5.74, 6) is 0.806. The minimum absolute atomic E-state index is 0.0837. The van der Waals surface area contributed by atoms with Crippen LogP contribution in [0.1, 0.15) is 28.9 Å². The molecule has 0 saturated heterocycles. The van der Waals surface area contributed by atoms with Crippen LogP contribution < -0.4 is 15.8 Å². The Morgan fingerprint density at radius 2 is 2.03 bits per heavy atom. The van der Waals surface area contributed by atoms with Gasteiger partial charge in [-0.15, -0.1) is 0 Å². The summed E-state index contributed by atoms with van der Waals surface area (Å²) in [6.45, 7) is 6.85. The number of pyridine rings is 1. The van der Waals surface area contributed by atoms with Crippen molar-refractivity contribution in [3.63, 3.8) is 0 Å². The van der Waals surface area contributed by atoms with E-state index in [4.69, 9.17) is 16.6 Å². The normalized spacial score (nSPS) is 11.2. The second kappa shape index (κ2) is 9.91. The predicted octanol–water partition coefficient (Wildman–Crippen LogP) is 2.15. The molecule has 0 radical (unpaired) electrons. The molecule has 160 valence electrons. The fourth-order valence-corrected chi connectivity index (χ4v) is 3.66. The number of quaternary nitrogens is 1. The fraction of sp³-hybridized carbons (Fsp3) is 0.391. The van der Waals surface area contributed by atoms with Gasteiger partial charge in [0.15, 0.2) is 5.11 Å². The van der Waals surface area contributed by atoms with Crippen LogP contribution in [0.4, 0.5) is 0 Å². The number of nitrogens with one attached hydrogen (secondary N) is 3. The second-order valence-electron chi connectivity index (χ2n) is 8.07. The molecule has 0 atom stereocenters. The van der Waals surface area contributed by atoms with E-state index in [0.29, 0.717) is 23.8 Å². The average molecular weight is 428 g/mol. The lowest BCUT2D eigenvalue weighted by Gasteiger charge is -2.25. The van der Waals surface area contributed by atoms with E-state index in [1.807, 2.05) is 43.0 Å². The Bertz CT molecular complexity index is 1060. The third-order valence-corrected chi connectivity index (χ3v) is 5.74. The molecule has 3 N–H and O–H groups in total. The maximum atomic E-state index is 12.8. The smallest absolute Gasteiger partial charge is 0.253 e. The first kappa shape index (κ1) is 22.1. The van der Waals surface area contributed by atoms with Gasteiger partial charge in [0.25, 0.3) is 5.56 Å². The van der Waals surface area contributed by atoms with Crippen LogP contribution in [0.25, 0.3) is 10.9 Å². The summed E-state index contributed by atoms with van der Waals surface area (Å²) in [6, 6.07) is 9.88.